The van der Waals surface area contributed by atoms with E-state index in [1.807, 2.05) is 0 Å². The van der Waals surface area contributed by atoms with Gasteiger partial charge in [-0.2, -0.15) is 13.2 Å². The molecule has 1 aromatic heterocycles. The first-order valence-electron chi connectivity index (χ1n) is 8.40. The van der Waals surface area contributed by atoms with Crippen LogP contribution in [0.15, 0.2) is 41.0 Å². The number of nitrogens with zero attached hydrogens (tertiary/aromatic N) is 1. The first kappa shape index (κ1) is 21.0. The van der Waals surface area contributed by atoms with Gasteiger partial charge in [0.15, 0.2) is 11.5 Å². The summed E-state index contributed by atoms with van der Waals surface area (Å²) in [5.41, 5.74) is -3.89. The van der Waals surface area contributed by atoms with E-state index >= 15 is 0 Å². The lowest BCUT2D eigenvalue weighted by Gasteiger charge is -2.29. The third-order valence-electron chi connectivity index (χ3n) is 4.37. The van der Waals surface area contributed by atoms with Gasteiger partial charge in [0.25, 0.3) is 17.5 Å². The molecule has 0 bridgehead atoms. The molecule has 0 spiro atoms. The number of methoxy groups -OCH3 is 2. The number of amides is 4. The number of carbonyl (C=O) groups excluding carboxylic acids is 3. The average molecular weight is 427 g/mol. The molecule has 9 nitrogen and oxygen atoms in total. The summed E-state index contributed by atoms with van der Waals surface area (Å²) in [6, 6.07) is 5.14. The van der Waals surface area contributed by atoms with E-state index in [2.05, 4.69) is 0 Å². The number of alkyl halides is 3. The Bertz CT molecular complexity index is 976. The van der Waals surface area contributed by atoms with Crippen molar-refractivity contribution in [3.05, 3.63) is 47.9 Å². The molecule has 2 heterocycles. The fourth-order valence-electron chi connectivity index (χ4n) is 2.85. The average Bonchev–Trinajstić information content (AvgIpc) is 3.30. The molecule has 30 heavy (non-hydrogen) atoms. The Morgan fingerprint density at radius 3 is 2.47 bits per heavy atom. The fraction of sp³-hybridized carbons (Fsp3) is 0.278. The van der Waals surface area contributed by atoms with E-state index in [0.29, 0.717) is 4.90 Å². The van der Waals surface area contributed by atoms with Gasteiger partial charge in [-0.1, -0.05) is 0 Å². The van der Waals surface area contributed by atoms with Crippen molar-refractivity contribution in [1.82, 2.24) is 15.5 Å². The van der Waals surface area contributed by atoms with Crippen LogP contribution in [0.25, 0.3) is 0 Å². The number of benzene rings is 1. The van der Waals surface area contributed by atoms with Crippen LogP contribution in [0.3, 0.4) is 0 Å². The van der Waals surface area contributed by atoms with E-state index in [-0.39, 0.29) is 22.8 Å². The van der Waals surface area contributed by atoms with Crippen LogP contribution in [0.1, 0.15) is 16.1 Å². The number of imide groups is 1. The Morgan fingerprint density at radius 2 is 1.90 bits per heavy atom. The van der Waals surface area contributed by atoms with Gasteiger partial charge in [-0.3, -0.25) is 19.8 Å². The molecule has 0 radical (unpaired) electrons. The maximum Gasteiger partial charge on any atom is 0.440 e. The summed E-state index contributed by atoms with van der Waals surface area (Å²) in [5.74, 6) is -2.53. The van der Waals surface area contributed by atoms with Gasteiger partial charge in [0, 0.05) is 5.56 Å². The van der Waals surface area contributed by atoms with Gasteiger partial charge in [-0.15, -0.1) is 0 Å². The highest BCUT2D eigenvalue weighted by molar-refractivity contribution is 6.10. The van der Waals surface area contributed by atoms with Gasteiger partial charge in [0.1, 0.15) is 5.76 Å². The zero-order valence-electron chi connectivity index (χ0n) is 15.7. The summed E-state index contributed by atoms with van der Waals surface area (Å²) in [6.07, 6.45) is -4.09. The van der Waals surface area contributed by atoms with Gasteiger partial charge < -0.3 is 19.2 Å². The lowest BCUT2D eigenvalue weighted by molar-refractivity contribution is -0.200. The van der Waals surface area contributed by atoms with Crippen molar-refractivity contribution in [2.75, 3.05) is 14.2 Å². The number of urea groups is 1. The Hall–Kier alpha value is -3.70. The van der Waals surface area contributed by atoms with Crippen molar-refractivity contribution in [3.8, 4) is 11.5 Å². The quantitative estimate of drug-likeness (QED) is 0.683. The van der Waals surface area contributed by atoms with Crippen molar-refractivity contribution in [2.24, 2.45) is 0 Å². The molecule has 0 aliphatic carbocycles. The molecule has 0 unspecified atom stereocenters. The van der Waals surface area contributed by atoms with E-state index in [1.54, 1.807) is 10.6 Å². The topological polar surface area (TPSA) is 110 Å². The number of ether oxygens (including phenoxy) is 2. The van der Waals surface area contributed by atoms with E-state index in [1.165, 1.54) is 44.7 Å². The Morgan fingerprint density at radius 1 is 1.20 bits per heavy atom. The number of furan rings is 1. The summed E-state index contributed by atoms with van der Waals surface area (Å²) in [4.78, 5) is 37.6. The van der Waals surface area contributed by atoms with Crippen LogP contribution in [-0.4, -0.2) is 48.8 Å². The maximum atomic E-state index is 13.9. The number of halogens is 3. The number of hydrogen-bond donors (Lipinski definition) is 2. The highest BCUT2D eigenvalue weighted by Crippen LogP contribution is 2.35. The van der Waals surface area contributed by atoms with Crippen molar-refractivity contribution < 1.29 is 41.4 Å². The van der Waals surface area contributed by atoms with Crippen LogP contribution in [0.5, 0.6) is 11.5 Å². The number of hydrogen-bond acceptors (Lipinski definition) is 6. The smallest absolute Gasteiger partial charge is 0.440 e. The van der Waals surface area contributed by atoms with Crippen LogP contribution in [0.2, 0.25) is 0 Å². The van der Waals surface area contributed by atoms with Crippen molar-refractivity contribution in [2.45, 2.75) is 18.4 Å². The molecule has 1 aliphatic heterocycles. The molecule has 1 atom stereocenters. The number of rotatable bonds is 6. The van der Waals surface area contributed by atoms with Gasteiger partial charge in [-0.25, -0.2) is 4.79 Å². The summed E-state index contributed by atoms with van der Waals surface area (Å²) < 4.78 is 56.7. The first-order chi connectivity index (χ1) is 14.1. The second-order valence-corrected chi connectivity index (χ2v) is 6.17. The molecular weight excluding hydrogens is 411 g/mol. The molecule has 3 rings (SSSR count). The minimum atomic E-state index is -5.33. The van der Waals surface area contributed by atoms with Crippen LogP contribution < -0.4 is 20.1 Å². The molecule has 12 heteroatoms. The second kappa shape index (κ2) is 7.61. The lowest BCUT2D eigenvalue weighted by atomic mass is 10.1. The van der Waals surface area contributed by atoms with E-state index in [9.17, 15) is 27.6 Å². The highest BCUT2D eigenvalue weighted by atomic mass is 19.4. The predicted octanol–water partition coefficient (Wildman–Crippen LogP) is 2.04. The van der Waals surface area contributed by atoms with Crippen molar-refractivity contribution in [3.63, 3.8) is 0 Å². The normalized spacial score (nSPS) is 18.9. The van der Waals surface area contributed by atoms with E-state index in [4.69, 9.17) is 13.9 Å². The Kier molecular flexibility index (Phi) is 5.33. The molecule has 1 aliphatic rings. The van der Waals surface area contributed by atoms with Gasteiger partial charge in [0.05, 0.1) is 27.0 Å². The monoisotopic (exact) mass is 427 g/mol. The van der Waals surface area contributed by atoms with Crippen molar-refractivity contribution >= 4 is 17.8 Å². The zero-order valence-corrected chi connectivity index (χ0v) is 15.7. The second-order valence-electron chi connectivity index (χ2n) is 6.17. The third kappa shape index (κ3) is 3.51. The van der Waals surface area contributed by atoms with E-state index < -0.39 is 36.2 Å². The fourth-order valence-corrected chi connectivity index (χ4v) is 2.85. The van der Waals surface area contributed by atoms with Crippen LogP contribution in [-0.2, 0) is 11.3 Å². The molecule has 1 saturated heterocycles. The van der Waals surface area contributed by atoms with E-state index in [0.717, 1.165) is 6.07 Å². The van der Waals surface area contributed by atoms with Gasteiger partial charge >= 0.3 is 12.2 Å². The summed E-state index contributed by atoms with van der Waals surface area (Å²) in [7, 11) is 2.63. The molecule has 0 saturated carbocycles. The van der Waals surface area contributed by atoms with Crippen LogP contribution in [0, 0.1) is 0 Å². The molecule has 160 valence electrons. The third-order valence-corrected chi connectivity index (χ3v) is 4.37. The largest absolute Gasteiger partial charge is 0.493 e. The predicted molar refractivity (Wildman–Crippen MR) is 93.6 cm³/mol. The van der Waals surface area contributed by atoms with Gasteiger partial charge in [0.2, 0.25) is 0 Å². The summed E-state index contributed by atoms with van der Waals surface area (Å²) in [5, 5.41) is 3.17. The summed E-state index contributed by atoms with van der Waals surface area (Å²) >= 11 is 0. The first-order valence-corrected chi connectivity index (χ1v) is 8.40. The summed E-state index contributed by atoms with van der Waals surface area (Å²) in [6.45, 7) is -0.540. The van der Waals surface area contributed by atoms with Crippen molar-refractivity contribution in [1.29, 1.82) is 0 Å². The highest BCUT2D eigenvalue weighted by Gasteiger charge is 2.68. The molecular formula is C18H16F3N3O6. The molecule has 1 aromatic carbocycles. The number of carbonyl (C=O) groups is 3. The molecule has 4 amide bonds. The van der Waals surface area contributed by atoms with Gasteiger partial charge in [-0.05, 0) is 30.3 Å². The SMILES string of the molecule is COc1ccc(C(=O)N[C@@]2(C(F)(F)F)NC(=O)N(Cc3ccco3)C2=O)cc1OC. The number of nitrogens with one attached hydrogen (secondary N) is 2. The molecule has 2 N–H and O–H groups in total. The molecule has 2 aromatic rings. The zero-order chi connectivity index (χ0) is 22.1. The van der Waals surface area contributed by atoms with Crippen LogP contribution in [0.4, 0.5) is 18.0 Å². The standard InChI is InChI=1S/C18H16F3N3O6/c1-28-12-6-5-10(8-13(12)29-2)14(25)22-17(18(19,20)21)15(26)24(16(27)23-17)9-11-4-3-7-30-11/h3-8H,9H2,1-2H3,(H,22,25)(H,23,27)/t17-/m1/s1. The molecule has 1 fully saturated rings. The maximum absolute atomic E-state index is 13.9. The lowest BCUT2D eigenvalue weighted by Crippen LogP contribution is -2.69. The Balaban J connectivity index is 1.92. The minimum absolute atomic E-state index is 0.0858. The van der Waals surface area contributed by atoms with Crippen LogP contribution >= 0.6 is 0 Å². The Labute approximate surface area is 167 Å². The minimum Gasteiger partial charge on any atom is -0.493 e.